The van der Waals surface area contributed by atoms with Crippen molar-refractivity contribution in [3.05, 3.63) is 35.4 Å². The number of cyclic esters (lactones) is 1. The Morgan fingerprint density at radius 2 is 2.06 bits per heavy atom. The van der Waals surface area contributed by atoms with Crippen LogP contribution in [0.3, 0.4) is 0 Å². The Bertz CT molecular complexity index is 428. The van der Waals surface area contributed by atoms with Crippen LogP contribution in [-0.2, 0) is 4.74 Å². The van der Waals surface area contributed by atoms with Crippen LogP contribution in [0, 0.1) is 6.92 Å². The molecular formula is C14H19NO2. The number of hydrogen-bond donors (Lipinski definition) is 0. The van der Waals surface area contributed by atoms with E-state index in [0.29, 0.717) is 0 Å². The van der Waals surface area contributed by atoms with E-state index >= 15 is 0 Å². The van der Waals surface area contributed by atoms with Gasteiger partial charge in [-0.3, -0.25) is 4.90 Å². The largest absolute Gasteiger partial charge is 0.439 e. The van der Waals surface area contributed by atoms with Crippen LogP contribution in [-0.4, -0.2) is 23.1 Å². The number of hydrogen-bond acceptors (Lipinski definition) is 2. The molecule has 0 bridgehead atoms. The van der Waals surface area contributed by atoms with Crippen LogP contribution in [0.5, 0.6) is 0 Å². The minimum Gasteiger partial charge on any atom is -0.439 e. The normalized spacial score (nSPS) is 24.3. The maximum atomic E-state index is 11.8. The minimum atomic E-state index is -0.209. The average Bonchev–Trinajstić information content (AvgIpc) is 2.54. The van der Waals surface area contributed by atoms with Crippen molar-refractivity contribution in [2.45, 2.75) is 45.9 Å². The molecule has 1 saturated heterocycles. The van der Waals surface area contributed by atoms with Crippen molar-refractivity contribution in [3.63, 3.8) is 0 Å². The second-order valence-corrected chi connectivity index (χ2v) is 4.96. The molecule has 92 valence electrons. The molecule has 1 heterocycles. The third kappa shape index (κ3) is 2.14. The van der Waals surface area contributed by atoms with Gasteiger partial charge in [0.2, 0.25) is 0 Å². The fourth-order valence-electron chi connectivity index (χ4n) is 2.45. The zero-order chi connectivity index (χ0) is 12.6. The summed E-state index contributed by atoms with van der Waals surface area (Å²) in [5.41, 5.74) is 2.27. The zero-order valence-corrected chi connectivity index (χ0v) is 10.8. The van der Waals surface area contributed by atoms with Crippen molar-refractivity contribution in [1.82, 2.24) is 4.90 Å². The molecule has 1 amide bonds. The van der Waals surface area contributed by atoms with Gasteiger partial charge in [0, 0.05) is 6.04 Å². The number of amides is 1. The summed E-state index contributed by atoms with van der Waals surface area (Å²) in [6, 6.07) is 8.41. The molecule has 1 fully saturated rings. The van der Waals surface area contributed by atoms with Crippen LogP contribution in [0.15, 0.2) is 24.3 Å². The Labute approximate surface area is 102 Å². The SMILES string of the molecule is Cc1cccc([C@H]2OC(=O)N(C(C)C)[C@H]2C)c1. The summed E-state index contributed by atoms with van der Waals surface area (Å²) in [7, 11) is 0. The first-order chi connectivity index (χ1) is 8.00. The highest BCUT2D eigenvalue weighted by Gasteiger charge is 2.40. The number of nitrogens with zero attached hydrogens (tertiary/aromatic N) is 1. The molecule has 0 radical (unpaired) electrons. The zero-order valence-electron chi connectivity index (χ0n) is 10.8. The van der Waals surface area contributed by atoms with Gasteiger partial charge in [0.15, 0.2) is 0 Å². The van der Waals surface area contributed by atoms with Gasteiger partial charge in [0.1, 0.15) is 6.10 Å². The van der Waals surface area contributed by atoms with Gasteiger partial charge in [-0.2, -0.15) is 0 Å². The Morgan fingerprint density at radius 1 is 1.35 bits per heavy atom. The average molecular weight is 233 g/mol. The standard InChI is InChI=1S/C14H19NO2/c1-9(2)15-11(4)13(17-14(15)16)12-7-5-6-10(3)8-12/h5-9,11,13H,1-4H3/t11-,13-/m0/s1. The first-order valence-electron chi connectivity index (χ1n) is 6.06. The van der Waals surface area contributed by atoms with Gasteiger partial charge >= 0.3 is 6.09 Å². The third-order valence-corrected chi connectivity index (χ3v) is 3.24. The van der Waals surface area contributed by atoms with Crippen molar-refractivity contribution < 1.29 is 9.53 Å². The van der Waals surface area contributed by atoms with Crippen molar-refractivity contribution in [1.29, 1.82) is 0 Å². The number of aryl methyl sites for hydroxylation is 1. The topological polar surface area (TPSA) is 29.5 Å². The summed E-state index contributed by atoms with van der Waals surface area (Å²) in [5, 5.41) is 0. The number of carbonyl (C=O) groups is 1. The van der Waals surface area contributed by atoms with Crippen molar-refractivity contribution >= 4 is 6.09 Å². The molecule has 2 rings (SSSR count). The molecule has 3 nitrogen and oxygen atoms in total. The summed E-state index contributed by atoms with van der Waals surface area (Å²) in [4.78, 5) is 13.6. The molecule has 1 aromatic rings. The van der Waals surface area contributed by atoms with E-state index in [4.69, 9.17) is 4.74 Å². The second-order valence-electron chi connectivity index (χ2n) is 4.96. The number of carbonyl (C=O) groups excluding carboxylic acids is 1. The lowest BCUT2D eigenvalue weighted by Gasteiger charge is -2.24. The molecule has 3 heteroatoms. The second kappa shape index (κ2) is 4.40. The predicted molar refractivity (Wildman–Crippen MR) is 66.8 cm³/mol. The molecule has 1 aliphatic heterocycles. The van der Waals surface area contributed by atoms with Crippen molar-refractivity contribution in [3.8, 4) is 0 Å². The summed E-state index contributed by atoms with van der Waals surface area (Å²) in [6.45, 7) is 8.11. The smallest absolute Gasteiger partial charge is 0.411 e. The maximum absolute atomic E-state index is 11.8. The molecule has 0 spiro atoms. The summed E-state index contributed by atoms with van der Waals surface area (Å²) < 4.78 is 5.48. The van der Waals surface area contributed by atoms with Gasteiger partial charge in [0.25, 0.3) is 0 Å². The Hall–Kier alpha value is -1.51. The van der Waals surface area contributed by atoms with Crippen LogP contribution in [0.25, 0.3) is 0 Å². The predicted octanol–water partition coefficient (Wildman–Crippen LogP) is 3.29. The van der Waals surface area contributed by atoms with Crippen molar-refractivity contribution in [2.24, 2.45) is 0 Å². The highest BCUT2D eigenvalue weighted by molar-refractivity contribution is 5.71. The molecule has 1 aromatic carbocycles. The van der Waals surface area contributed by atoms with Gasteiger partial charge in [-0.25, -0.2) is 4.79 Å². The summed E-state index contributed by atoms with van der Waals surface area (Å²) >= 11 is 0. The Kier molecular flexibility index (Phi) is 3.09. The van der Waals surface area contributed by atoms with E-state index in [2.05, 4.69) is 6.07 Å². The fraction of sp³-hybridized carbons (Fsp3) is 0.500. The van der Waals surface area contributed by atoms with Gasteiger partial charge in [0.05, 0.1) is 6.04 Å². The fourth-order valence-corrected chi connectivity index (χ4v) is 2.45. The van der Waals surface area contributed by atoms with Crippen molar-refractivity contribution in [2.75, 3.05) is 0 Å². The molecule has 1 aliphatic rings. The molecule has 0 unspecified atom stereocenters. The lowest BCUT2D eigenvalue weighted by Crippen LogP contribution is -2.37. The molecule has 0 N–H and O–H groups in total. The number of rotatable bonds is 2. The highest BCUT2D eigenvalue weighted by atomic mass is 16.6. The van der Waals surface area contributed by atoms with E-state index in [-0.39, 0.29) is 24.3 Å². The van der Waals surface area contributed by atoms with Gasteiger partial charge in [-0.15, -0.1) is 0 Å². The minimum absolute atomic E-state index is 0.0873. The van der Waals surface area contributed by atoms with E-state index in [1.165, 1.54) is 5.56 Å². The van der Waals surface area contributed by atoms with E-state index in [0.717, 1.165) is 5.56 Å². The van der Waals surface area contributed by atoms with Crippen LogP contribution in [0.2, 0.25) is 0 Å². The van der Waals surface area contributed by atoms with E-state index in [1.54, 1.807) is 4.90 Å². The molecule has 2 atom stereocenters. The molecule has 17 heavy (non-hydrogen) atoms. The molecule has 0 aliphatic carbocycles. The molecule has 0 saturated carbocycles. The first-order valence-corrected chi connectivity index (χ1v) is 6.06. The molecular weight excluding hydrogens is 214 g/mol. The monoisotopic (exact) mass is 233 g/mol. The Balaban J connectivity index is 2.27. The van der Waals surface area contributed by atoms with E-state index < -0.39 is 0 Å². The lowest BCUT2D eigenvalue weighted by atomic mass is 10.0. The van der Waals surface area contributed by atoms with Gasteiger partial charge in [-0.05, 0) is 33.3 Å². The number of benzene rings is 1. The lowest BCUT2D eigenvalue weighted by molar-refractivity contribution is 0.129. The maximum Gasteiger partial charge on any atom is 0.411 e. The first kappa shape index (κ1) is 12.0. The van der Waals surface area contributed by atoms with Gasteiger partial charge < -0.3 is 4.74 Å². The van der Waals surface area contributed by atoms with Crippen LogP contribution >= 0.6 is 0 Å². The van der Waals surface area contributed by atoms with Crippen LogP contribution in [0.1, 0.15) is 38.0 Å². The van der Waals surface area contributed by atoms with Crippen LogP contribution in [0.4, 0.5) is 4.79 Å². The Morgan fingerprint density at radius 3 is 2.59 bits per heavy atom. The summed E-state index contributed by atoms with van der Waals surface area (Å²) in [5.74, 6) is 0. The summed E-state index contributed by atoms with van der Waals surface area (Å²) in [6.07, 6.45) is -0.358. The number of ether oxygens (including phenoxy) is 1. The van der Waals surface area contributed by atoms with Gasteiger partial charge in [-0.1, -0.05) is 29.8 Å². The van der Waals surface area contributed by atoms with E-state index in [1.807, 2.05) is 45.9 Å². The van der Waals surface area contributed by atoms with Crippen LogP contribution < -0.4 is 0 Å². The van der Waals surface area contributed by atoms with E-state index in [9.17, 15) is 4.79 Å². The highest BCUT2D eigenvalue weighted by Crippen LogP contribution is 2.33. The quantitative estimate of drug-likeness (QED) is 0.784. The third-order valence-electron chi connectivity index (χ3n) is 3.24. The molecule has 0 aromatic heterocycles.